The van der Waals surface area contributed by atoms with Gasteiger partial charge in [-0.05, 0) is 6.42 Å². The van der Waals surface area contributed by atoms with Gasteiger partial charge in [-0.3, -0.25) is 5.01 Å². The van der Waals surface area contributed by atoms with Crippen molar-refractivity contribution in [1.29, 1.82) is 0 Å². The Morgan fingerprint density at radius 1 is 1.70 bits per heavy atom. The Bertz CT molecular complexity index is 126. The summed E-state index contributed by atoms with van der Waals surface area (Å²) >= 11 is 0. The minimum absolute atomic E-state index is 0.162. The zero-order chi connectivity index (χ0) is 7.40. The molecule has 0 fully saturated rings. The number of aliphatic hydroxyl groups is 1. The highest BCUT2D eigenvalue weighted by molar-refractivity contribution is 4.70. The molecule has 58 valence electrons. The molecule has 0 aliphatic carbocycles. The molecule has 1 aliphatic rings. The van der Waals surface area contributed by atoms with Gasteiger partial charge in [0, 0.05) is 0 Å². The molecule has 0 aromatic carbocycles. The summed E-state index contributed by atoms with van der Waals surface area (Å²) in [5, 5.41) is 18.2. The molecule has 4 heteroatoms. The first kappa shape index (κ1) is 7.47. The number of hydrogen-bond acceptors (Lipinski definition) is 4. The Labute approximate surface area is 60.5 Å². The molecule has 0 radical (unpaired) electrons. The SMILES string of the molecule is CCC1CN(CCO)N=N1. The summed E-state index contributed by atoms with van der Waals surface area (Å²) < 4.78 is 0. The standard InChI is InChI=1S/C6H13N3O/c1-2-6-5-9(3-4-10)8-7-6/h6,10H,2-5H2,1H3. The zero-order valence-electron chi connectivity index (χ0n) is 6.19. The molecule has 0 bridgehead atoms. The number of rotatable bonds is 3. The van der Waals surface area contributed by atoms with Gasteiger partial charge in [0.25, 0.3) is 0 Å². The third-order valence-electron chi connectivity index (χ3n) is 1.59. The summed E-state index contributed by atoms with van der Waals surface area (Å²) in [6.45, 7) is 3.73. The van der Waals surface area contributed by atoms with Crippen molar-refractivity contribution >= 4 is 0 Å². The molecule has 0 amide bonds. The highest BCUT2D eigenvalue weighted by atomic mass is 16.3. The quantitative estimate of drug-likeness (QED) is 0.623. The summed E-state index contributed by atoms with van der Waals surface area (Å²) in [5.41, 5.74) is 0. The Hall–Kier alpha value is -0.640. The molecule has 0 aromatic heterocycles. The normalized spacial score (nSPS) is 24.2. The first-order valence-electron chi connectivity index (χ1n) is 3.63. The van der Waals surface area contributed by atoms with Crippen LogP contribution in [0.25, 0.3) is 0 Å². The Kier molecular flexibility index (Phi) is 2.62. The Balaban J connectivity index is 2.24. The van der Waals surface area contributed by atoms with Gasteiger partial charge < -0.3 is 5.11 Å². The maximum absolute atomic E-state index is 8.54. The molecular weight excluding hydrogens is 130 g/mol. The third-order valence-corrected chi connectivity index (χ3v) is 1.59. The van der Waals surface area contributed by atoms with Crippen molar-refractivity contribution in [3.05, 3.63) is 0 Å². The van der Waals surface area contributed by atoms with Gasteiger partial charge in [0.15, 0.2) is 0 Å². The van der Waals surface area contributed by atoms with E-state index in [4.69, 9.17) is 5.11 Å². The third kappa shape index (κ3) is 1.67. The number of aliphatic hydroxyl groups excluding tert-OH is 1. The Morgan fingerprint density at radius 3 is 3.00 bits per heavy atom. The number of β-amino-alcohol motifs (C(OH)–C–C–N with tert-alkyl or cyclic N) is 1. The summed E-state index contributed by atoms with van der Waals surface area (Å²) in [5.74, 6) is 0. The van der Waals surface area contributed by atoms with Crippen molar-refractivity contribution in [3.8, 4) is 0 Å². The van der Waals surface area contributed by atoms with Gasteiger partial charge in [0.1, 0.15) is 0 Å². The number of nitrogens with zero attached hydrogens (tertiary/aromatic N) is 3. The van der Waals surface area contributed by atoms with Crippen molar-refractivity contribution in [2.24, 2.45) is 10.3 Å². The van der Waals surface area contributed by atoms with Crippen molar-refractivity contribution in [2.75, 3.05) is 19.7 Å². The van der Waals surface area contributed by atoms with E-state index in [9.17, 15) is 0 Å². The van der Waals surface area contributed by atoms with E-state index in [1.54, 1.807) is 5.01 Å². The van der Waals surface area contributed by atoms with Crippen LogP contribution < -0.4 is 0 Å². The predicted molar refractivity (Wildman–Crippen MR) is 37.6 cm³/mol. The van der Waals surface area contributed by atoms with Crippen molar-refractivity contribution in [1.82, 2.24) is 5.01 Å². The summed E-state index contributed by atoms with van der Waals surface area (Å²) in [7, 11) is 0. The van der Waals surface area contributed by atoms with Crippen LogP contribution in [0.1, 0.15) is 13.3 Å². The van der Waals surface area contributed by atoms with Crippen LogP contribution in [0.4, 0.5) is 0 Å². The second kappa shape index (κ2) is 3.51. The summed E-state index contributed by atoms with van der Waals surface area (Å²) in [4.78, 5) is 0. The van der Waals surface area contributed by atoms with Crippen LogP contribution in [0.5, 0.6) is 0 Å². The van der Waals surface area contributed by atoms with E-state index in [0.717, 1.165) is 13.0 Å². The van der Waals surface area contributed by atoms with Gasteiger partial charge in [-0.15, -0.1) is 0 Å². The molecule has 0 saturated heterocycles. The molecule has 1 N–H and O–H groups in total. The van der Waals surface area contributed by atoms with Gasteiger partial charge in [-0.1, -0.05) is 12.1 Å². The van der Waals surface area contributed by atoms with Gasteiger partial charge in [-0.2, -0.15) is 5.11 Å². The second-order valence-corrected chi connectivity index (χ2v) is 2.40. The lowest BCUT2D eigenvalue weighted by Crippen LogP contribution is -2.23. The monoisotopic (exact) mass is 143 g/mol. The first-order valence-corrected chi connectivity index (χ1v) is 3.63. The zero-order valence-corrected chi connectivity index (χ0v) is 6.19. The molecule has 1 atom stereocenters. The molecular formula is C6H13N3O. The lowest BCUT2D eigenvalue weighted by molar-refractivity contribution is 0.209. The van der Waals surface area contributed by atoms with E-state index in [0.29, 0.717) is 12.6 Å². The van der Waals surface area contributed by atoms with Crippen LogP contribution in [0.15, 0.2) is 10.3 Å². The van der Waals surface area contributed by atoms with Crippen LogP contribution in [0.2, 0.25) is 0 Å². The van der Waals surface area contributed by atoms with Crippen LogP contribution in [0.3, 0.4) is 0 Å². The van der Waals surface area contributed by atoms with Crippen molar-refractivity contribution in [2.45, 2.75) is 19.4 Å². The largest absolute Gasteiger partial charge is 0.394 e. The molecule has 4 nitrogen and oxygen atoms in total. The van der Waals surface area contributed by atoms with E-state index in [1.807, 2.05) is 0 Å². The van der Waals surface area contributed by atoms with E-state index in [2.05, 4.69) is 17.3 Å². The van der Waals surface area contributed by atoms with E-state index >= 15 is 0 Å². The van der Waals surface area contributed by atoms with Crippen molar-refractivity contribution in [3.63, 3.8) is 0 Å². The van der Waals surface area contributed by atoms with Crippen LogP contribution in [-0.2, 0) is 0 Å². The topological polar surface area (TPSA) is 48.2 Å². The van der Waals surface area contributed by atoms with Crippen LogP contribution in [-0.4, -0.2) is 35.9 Å². The second-order valence-electron chi connectivity index (χ2n) is 2.40. The molecule has 0 aromatic rings. The fourth-order valence-corrected chi connectivity index (χ4v) is 0.925. The number of hydrogen-bond donors (Lipinski definition) is 1. The molecule has 0 saturated carbocycles. The van der Waals surface area contributed by atoms with E-state index in [1.165, 1.54) is 0 Å². The predicted octanol–water partition coefficient (Wildman–Crippen LogP) is 0.440. The fraction of sp³-hybridized carbons (Fsp3) is 1.00. The van der Waals surface area contributed by atoms with Crippen LogP contribution in [0, 0.1) is 0 Å². The molecule has 1 unspecified atom stereocenters. The highest BCUT2D eigenvalue weighted by Crippen LogP contribution is 2.09. The minimum Gasteiger partial charge on any atom is -0.394 e. The molecule has 1 aliphatic heterocycles. The first-order chi connectivity index (χ1) is 4.86. The van der Waals surface area contributed by atoms with Gasteiger partial charge in [-0.25, -0.2) is 0 Å². The Morgan fingerprint density at radius 2 is 2.50 bits per heavy atom. The van der Waals surface area contributed by atoms with Crippen molar-refractivity contribution < 1.29 is 5.11 Å². The molecule has 0 spiro atoms. The maximum atomic E-state index is 8.54. The molecule has 10 heavy (non-hydrogen) atoms. The van der Waals surface area contributed by atoms with Crippen LogP contribution >= 0.6 is 0 Å². The lowest BCUT2D eigenvalue weighted by atomic mass is 10.2. The molecule has 1 rings (SSSR count). The smallest absolute Gasteiger partial charge is 0.0918 e. The van der Waals surface area contributed by atoms with Gasteiger partial charge >= 0.3 is 0 Å². The van der Waals surface area contributed by atoms with Gasteiger partial charge in [0.05, 0.1) is 25.7 Å². The van der Waals surface area contributed by atoms with E-state index in [-0.39, 0.29) is 6.61 Å². The lowest BCUT2D eigenvalue weighted by Gasteiger charge is -2.09. The summed E-state index contributed by atoms with van der Waals surface area (Å²) in [6, 6.07) is 0.353. The maximum Gasteiger partial charge on any atom is 0.0918 e. The van der Waals surface area contributed by atoms with E-state index < -0.39 is 0 Å². The fourth-order valence-electron chi connectivity index (χ4n) is 0.925. The average Bonchev–Trinajstić information content (AvgIpc) is 2.37. The average molecular weight is 143 g/mol. The van der Waals surface area contributed by atoms with Gasteiger partial charge in [0.2, 0.25) is 0 Å². The summed E-state index contributed by atoms with van der Waals surface area (Å²) in [6.07, 6.45) is 1.03. The molecule has 1 heterocycles. The highest BCUT2D eigenvalue weighted by Gasteiger charge is 2.15. The minimum atomic E-state index is 0.162.